The minimum Gasteiger partial charge on any atom is -0.304 e. The van der Waals surface area contributed by atoms with Gasteiger partial charge in [0.2, 0.25) is 0 Å². The quantitative estimate of drug-likeness (QED) is 0.685. The van der Waals surface area contributed by atoms with Crippen molar-refractivity contribution in [2.75, 3.05) is 0 Å². The van der Waals surface area contributed by atoms with Crippen LogP contribution in [0.3, 0.4) is 0 Å². The van der Waals surface area contributed by atoms with Gasteiger partial charge in [-0.2, -0.15) is 0 Å². The lowest BCUT2D eigenvalue weighted by Gasteiger charge is -2.22. The molecule has 2 atom stereocenters. The van der Waals surface area contributed by atoms with E-state index in [2.05, 4.69) is 92.0 Å². The average Bonchev–Trinajstić information content (AvgIpc) is 2.55. The fourth-order valence-electron chi connectivity index (χ4n) is 2.93. The van der Waals surface area contributed by atoms with Crippen LogP contribution in [-0.2, 0) is 0 Å². The summed E-state index contributed by atoms with van der Waals surface area (Å²) in [5, 5.41) is 6.34. The lowest BCUT2D eigenvalue weighted by atomic mass is 9.98. The zero-order chi connectivity index (χ0) is 14.7. The molecule has 106 valence electrons. The Labute approximate surface area is 126 Å². The van der Waals surface area contributed by atoms with E-state index in [1.165, 1.54) is 21.9 Å². The molecule has 1 N–H and O–H groups in total. The van der Waals surface area contributed by atoms with E-state index in [-0.39, 0.29) is 0 Å². The van der Waals surface area contributed by atoms with Gasteiger partial charge < -0.3 is 5.32 Å². The Morgan fingerprint density at radius 2 is 1.33 bits per heavy atom. The molecule has 3 aromatic rings. The van der Waals surface area contributed by atoms with Gasteiger partial charge in [0.1, 0.15) is 0 Å². The lowest BCUT2D eigenvalue weighted by Crippen LogP contribution is -2.22. The average molecular weight is 275 g/mol. The number of hydrogen-bond acceptors (Lipinski definition) is 1. The Bertz CT molecular complexity index is 713. The van der Waals surface area contributed by atoms with Gasteiger partial charge in [0.25, 0.3) is 0 Å². The largest absolute Gasteiger partial charge is 0.304 e. The number of nitrogens with one attached hydrogen (secondary N) is 1. The van der Waals surface area contributed by atoms with Crippen molar-refractivity contribution in [1.82, 2.24) is 5.32 Å². The van der Waals surface area contributed by atoms with Gasteiger partial charge in [-0.05, 0) is 35.7 Å². The van der Waals surface area contributed by atoms with Crippen LogP contribution >= 0.6 is 0 Å². The van der Waals surface area contributed by atoms with Crippen molar-refractivity contribution < 1.29 is 0 Å². The summed E-state index contributed by atoms with van der Waals surface area (Å²) in [4.78, 5) is 0. The maximum Gasteiger partial charge on any atom is 0.0303 e. The molecule has 0 aliphatic rings. The summed E-state index contributed by atoms with van der Waals surface area (Å²) < 4.78 is 0. The Morgan fingerprint density at radius 3 is 2.14 bits per heavy atom. The van der Waals surface area contributed by atoms with E-state index in [0.29, 0.717) is 12.1 Å². The minimum atomic E-state index is 0.311. The van der Waals surface area contributed by atoms with Gasteiger partial charge in [0.15, 0.2) is 0 Å². The number of hydrogen-bond donors (Lipinski definition) is 1. The standard InChI is InChI=1S/C20H21N/c1-15(17-9-4-3-5-10-17)21-16(2)19-14-8-12-18-11-6-7-13-20(18)19/h3-16,21H,1-2H3/t15-,16?/m1/s1. The van der Waals surface area contributed by atoms with Crippen LogP contribution < -0.4 is 5.32 Å². The Balaban J connectivity index is 1.86. The van der Waals surface area contributed by atoms with Gasteiger partial charge in [-0.3, -0.25) is 0 Å². The fraction of sp³-hybridized carbons (Fsp3) is 0.200. The van der Waals surface area contributed by atoms with E-state index < -0.39 is 0 Å². The highest BCUT2D eigenvalue weighted by Crippen LogP contribution is 2.26. The fourth-order valence-corrected chi connectivity index (χ4v) is 2.93. The topological polar surface area (TPSA) is 12.0 Å². The highest BCUT2D eigenvalue weighted by Gasteiger charge is 2.12. The summed E-state index contributed by atoms with van der Waals surface area (Å²) in [6, 6.07) is 26.4. The summed E-state index contributed by atoms with van der Waals surface area (Å²) in [7, 11) is 0. The maximum absolute atomic E-state index is 3.70. The van der Waals surface area contributed by atoms with Gasteiger partial charge in [-0.15, -0.1) is 0 Å². The first-order valence-corrected chi connectivity index (χ1v) is 7.54. The van der Waals surface area contributed by atoms with Gasteiger partial charge >= 0.3 is 0 Å². The third kappa shape index (κ3) is 2.98. The third-order valence-electron chi connectivity index (χ3n) is 4.09. The molecule has 0 spiro atoms. The zero-order valence-corrected chi connectivity index (χ0v) is 12.6. The second-order valence-corrected chi connectivity index (χ2v) is 5.59. The van der Waals surface area contributed by atoms with Crippen molar-refractivity contribution in [3.63, 3.8) is 0 Å². The van der Waals surface area contributed by atoms with Gasteiger partial charge in [-0.25, -0.2) is 0 Å². The summed E-state index contributed by atoms with van der Waals surface area (Å²) >= 11 is 0. The molecule has 0 saturated carbocycles. The molecule has 0 bridgehead atoms. The second-order valence-electron chi connectivity index (χ2n) is 5.59. The first kappa shape index (κ1) is 13.8. The molecular weight excluding hydrogens is 254 g/mol. The van der Waals surface area contributed by atoms with Crippen LogP contribution in [0.2, 0.25) is 0 Å². The molecular formula is C20H21N. The van der Waals surface area contributed by atoms with Gasteiger partial charge in [0, 0.05) is 12.1 Å². The van der Waals surface area contributed by atoms with Crippen LogP contribution in [0.25, 0.3) is 10.8 Å². The molecule has 0 aromatic heterocycles. The number of rotatable bonds is 4. The number of benzene rings is 3. The van der Waals surface area contributed by atoms with Crippen molar-refractivity contribution in [1.29, 1.82) is 0 Å². The molecule has 0 radical (unpaired) electrons. The van der Waals surface area contributed by atoms with Crippen LogP contribution in [0.5, 0.6) is 0 Å². The van der Waals surface area contributed by atoms with Crippen LogP contribution in [0, 0.1) is 0 Å². The molecule has 0 fully saturated rings. The smallest absolute Gasteiger partial charge is 0.0303 e. The highest BCUT2D eigenvalue weighted by molar-refractivity contribution is 5.86. The van der Waals surface area contributed by atoms with Crippen molar-refractivity contribution >= 4 is 10.8 Å². The maximum atomic E-state index is 3.70. The summed E-state index contributed by atoms with van der Waals surface area (Å²) in [6.07, 6.45) is 0. The summed E-state index contributed by atoms with van der Waals surface area (Å²) in [6.45, 7) is 4.46. The molecule has 0 aliphatic carbocycles. The van der Waals surface area contributed by atoms with E-state index in [1.54, 1.807) is 0 Å². The molecule has 0 aliphatic heterocycles. The number of fused-ring (bicyclic) bond motifs is 1. The van der Waals surface area contributed by atoms with E-state index in [4.69, 9.17) is 0 Å². The van der Waals surface area contributed by atoms with E-state index in [9.17, 15) is 0 Å². The summed E-state index contributed by atoms with van der Waals surface area (Å²) in [5.41, 5.74) is 2.68. The zero-order valence-electron chi connectivity index (χ0n) is 12.6. The van der Waals surface area contributed by atoms with Crippen molar-refractivity contribution in [2.24, 2.45) is 0 Å². The van der Waals surface area contributed by atoms with Crippen molar-refractivity contribution in [3.8, 4) is 0 Å². The minimum absolute atomic E-state index is 0.311. The molecule has 21 heavy (non-hydrogen) atoms. The van der Waals surface area contributed by atoms with Crippen LogP contribution in [0.4, 0.5) is 0 Å². The van der Waals surface area contributed by atoms with Crippen molar-refractivity contribution in [3.05, 3.63) is 83.9 Å². The molecule has 3 rings (SSSR count). The second kappa shape index (κ2) is 6.11. The SMILES string of the molecule is CC(N[C@H](C)c1ccccc1)c1cccc2ccccc12. The third-order valence-corrected chi connectivity index (χ3v) is 4.09. The Hall–Kier alpha value is -2.12. The van der Waals surface area contributed by atoms with E-state index in [0.717, 1.165) is 0 Å². The lowest BCUT2D eigenvalue weighted by molar-refractivity contribution is 0.497. The van der Waals surface area contributed by atoms with Crippen LogP contribution in [0.15, 0.2) is 72.8 Å². The molecule has 1 nitrogen and oxygen atoms in total. The Kier molecular flexibility index (Phi) is 4.03. The molecule has 3 aromatic carbocycles. The summed E-state index contributed by atoms with van der Waals surface area (Å²) in [5.74, 6) is 0. The van der Waals surface area contributed by atoms with E-state index >= 15 is 0 Å². The molecule has 1 heteroatoms. The molecule has 1 unspecified atom stereocenters. The van der Waals surface area contributed by atoms with Crippen LogP contribution in [-0.4, -0.2) is 0 Å². The molecule has 0 saturated heterocycles. The first-order chi connectivity index (χ1) is 10.3. The van der Waals surface area contributed by atoms with Crippen LogP contribution in [0.1, 0.15) is 37.1 Å². The normalized spacial score (nSPS) is 14.0. The predicted octanol–water partition coefficient (Wildman–Crippen LogP) is 5.25. The molecule has 0 amide bonds. The van der Waals surface area contributed by atoms with Gasteiger partial charge in [-0.1, -0.05) is 72.8 Å². The highest BCUT2D eigenvalue weighted by atomic mass is 14.9. The van der Waals surface area contributed by atoms with Crippen molar-refractivity contribution in [2.45, 2.75) is 25.9 Å². The van der Waals surface area contributed by atoms with E-state index in [1.807, 2.05) is 0 Å². The van der Waals surface area contributed by atoms with Gasteiger partial charge in [0.05, 0.1) is 0 Å². The first-order valence-electron chi connectivity index (χ1n) is 7.54. The predicted molar refractivity (Wildman–Crippen MR) is 90.4 cm³/mol. The Morgan fingerprint density at radius 1 is 0.667 bits per heavy atom. The monoisotopic (exact) mass is 275 g/mol. The molecule has 0 heterocycles.